The number of alkyl halides is 3. The number of aromatic nitrogens is 6. The molecule has 0 saturated heterocycles. The predicted octanol–water partition coefficient (Wildman–Crippen LogP) is 6.97. The minimum atomic E-state index is -4.44. The summed E-state index contributed by atoms with van der Waals surface area (Å²) in [6, 6.07) is 13.1. The van der Waals surface area contributed by atoms with Crippen molar-refractivity contribution in [1.29, 1.82) is 0 Å². The molecule has 0 unspecified atom stereocenters. The van der Waals surface area contributed by atoms with Crippen LogP contribution < -0.4 is 0 Å². The first kappa shape index (κ1) is 21.4. The van der Waals surface area contributed by atoms with E-state index >= 15 is 0 Å². The van der Waals surface area contributed by atoms with Crippen molar-refractivity contribution in [3.63, 3.8) is 0 Å². The first-order chi connectivity index (χ1) is 16.8. The molecule has 0 atom stereocenters. The summed E-state index contributed by atoms with van der Waals surface area (Å²) in [5.41, 5.74) is 2.60. The van der Waals surface area contributed by atoms with Crippen molar-refractivity contribution in [3.8, 4) is 34.3 Å². The van der Waals surface area contributed by atoms with Crippen molar-refractivity contribution >= 4 is 33.7 Å². The van der Waals surface area contributed by atoms with Gasteiger partial charge in [-0.25, -0.2) is 19.3 Å². The number of aromatic amines is 3. The Labute approximate surface area is 199 Å². The van der Waals surface area contributed by atoms with E-state index in [4.69, 9.17) is 11.6 Å². The summed E-state index contributed by atoms with van der Waals surface area (Å²) in [5, 5.41) is 0.244. The number of benzene rings is 3. The molecule has 35 heavy (non-hydrogen) atoms. The van der Waals surface area contributed by atoms with Gasteiger partial charge < -0.3 is 15.0 Å². The number of hydrogen-bond donors (Lipinski definition) is 3. The molecule has 3 N–H and O–H groups in total. The third kappa shape index (κ3) is 3.71. The number of halogens is 5. The van der Waals surface area contributed by atoms with E-state index in [1.807, 2.05) is 0 Å². The van der Waals surface area contributed by atoms with Gasteiger partial charge in [0, 0.05) is 5.56 Å². The summed E-state index contributed by atoms with van der Waals surface area (Å²) < 4.78 is 53.3. The summed E-state index contributed by atoms with van der Waals surface area (Å²) in [4.78, 5) is 22.3. The Morgan fingerprint density at radius 2 is 1.49 bits per heavy atom. The summed E-state index contributed by atoms with van der Waals surface area (Å²) >= 11 is 6.16. The zero-order valence-corrected chi connectivity index (χ0v) is 18.3. The smallest absolute Gasteiger partial charge is 0.338 e. The summed E-state index contributed by atoms with van der Waals surface area (Å²) in [6.45, 7) is 0. The second-order valence-electron chi connectivity index (χ2n) is 7.87. The van der Waals surface area contributed by atoms with Crippen LogP contribution >= 0.6 is 11.6 Å². The highest BCUT2D eigenvalue weighted by Crippen LogP contribution is 2.33. The van der Waals surface area contributed by atoms with Crippen molar-refractivity contribution in [2.24, 2.45) is 0 Å². The fourth-order valence-corrected chi connectivity index (χ4v) is 4.15. The van der Waals surface area contributed by atoms with Gasteiger partial charge >= 0.3 is 6.18 Å². The summed E-state index contributed by atoms with van der Waals surface area (Å²) in [7, 11) is 0. The van der Waals surface area contributed by atoms with Gasteiger partial charge in [0.25, 0.3) is 0 Å². The molecule has 6 nitrogen and oxygen atoms in total. The van der Waals surface area contributed by atoms with Crippen LogP contribution in [0.1, 0.15) is 5.56 Å². The molecule has 3 aromatic carbocycles. The molecule has 0 amide bonds. The molecule has 0 fully saturated rings. The van der Waals surface area contributed by atoms with Crippen LogP contribution in [-0.2, 0) is 6.18 Å². The monoisotopic (exact) mass is 496 g/mol. The lowest BCUT2D eigenvalue weighted by molar-refractivity contribution is -0.137. The van der Waals surface area contributed by atoms with Gasteiger partial charge in [-0.2, -0.15) is 13.2 Å². The lowest BCUT2D eigenvalue weighted by Gasteiger charge is -2.05. The zero-order chi connectivity index (χ0) is 24.3. The van der Waals surface area contributed by atoms with Crippen LogP contribution in [0.2, 0.25) is 5.02 Å². The van der Waals surface area contributed by atoms with E-state index in [9.17, 15) is 17.6 Å². The van der Waals surface area contributed by atoms with Gasteiger partial charge in [0.05, 0.1) is 44.4 Å². The Balaban J connectivity index is 1.35. The van der Waals surface area contributed by atoms with Crippen LogP contribution in [0.25, 0.3) is 56.4 Å². The zero-order valence-electron chi connectivity index (χ0n) is 17.5. The van der Waals surface area contributed by atoms with E-state index < -0.39 is 17.6 Å². The van der Waals surface area contributed by atoms with E-state index in [1.54, 1.807) is 30.5 Å². The van der Waals surface area contributed by atoms with Gasteiger partial charge in [-0.15, -0.1) is 0 Å². The Hall–Kier alpha value is -4.18. The maximum absolute atomic E-state index is 14.3. The molecule has 0 radical (unpaired) electrons. The molecule has 6 aromatic rings. The highest BCUT2D eigenvalue weighted by atomic mass is 35.5. The third-order valence-electron chi connectivity index (χ3n) is 5.60. The van der Waals surface area contributed by atoms with Gasteiger partial charge in [-0.3, -0.25) is 0 Å². The molecule has 3 heterocycles. The van der Waals surface area contributed by atoms with Crippen LogP contribution in [0.3, 0.4) is 0 Å². The average molecular weight is 497 g/mol. The van der Waals surface area contributed by atoms with Crippen LogP contribution in [0, 0.1) is 5.82 Å². The van der Waals surface area contributed by atoms with E-state index in [-0.39, 0.29) is 16.1 Å². The number of imidazole rings is 3. The van der Waals surface area contributed by atoms with Crippen molar-refractivity contribution in [1.82, 2.24) is 29.9 Å². The molecule has 0 saturated carbocycles. The number of H-pyrrole nitrogens is 3. The van der Waals surface area contributed by atoms with Crippen LogP contribution in [0.15, 0.2) is 60.8 Å². The first-order valence-corrected chi connectivity index (χ1v) is 10.7. The maximum atomic E-state index is 14.3. The number of nitrogens with zero attached hydrogens (tertiary/aromatic N) is 3. The van der Waals surface area contributed by atoms with E-state index in [1.165, 1.54) is 18.2 Å². The second kappa shape index (κ2) is 7.67. The lowest BCUT2D eigenvalue weighted by Crippen LogP contribution is -2.04. The van der Waals surface area contributed by atoms with Gasteiger partial charge in [-0.1, -0.05) is 17.7 Å². The summed E-state index contributed by atoms with van der Waals surface area (Å²) in [5.74, 6) is 0.692. The van der Waals surface area contributed by atoms with Crippen LogP contribution in [0.5, 0.6) is 0 Å². The molecular formula is C24H13ClF4N6. The normalized spacial score (nSPS) is 12.1. The molecule has 3 aromatic heterocycles. The Morgan fingerprint density at radius 1 is 0.771 bits per heavy atom. The largest absolute Gasteiger partial charge is 0.416 e. The Morgan fingerprint density at radius 3 is 2.26 bits per heavy atom. The van der Waals surface area contributed by atoms with Crippen LogP contribution in [0.4, 0.5) is 17.6 Å². The van der Waals surface area contributed by atoms with Crippen molar-refractivity contribution < 1.29 is 17.6 Å². The quantitative estimate of drug-likeness (QED) is 0.231. The molecule has 0 bridgehead atoms. The Kier molecular flexibility index (Phi) is 4.68. The third-order valence-corrected chi connectivity index (χ3v) is 5.91. The second-order valence-corrected chi connectivity index (χ2v) is 8.28. The molecule has 174 valence electrons. The molecule has 11 heteroatoms. The highest BCUT2D eigenvalue weighted by molar-refractivity contribution is 6.33. The molecular weight excluding hydrogens is 484 g/mol. The van der Waals surface area contributed by atoms with Crippen LogP contribution in [-0.4, -0.2) is 29.9 Å². The van der Waals surface area contributed by atoms with Crippen molar-refractivity contribution in [3.05, 3.63) is 77.2 Å². The fourth-order valence-electron chi connectivity index (χ4n) is 3.90. The number of rotatable bonds is 3. The Bertz CT molecular complexity index is 1710. The fraction of sp³-hybridized carbons (Fsp3) is 0.0417. The predicted molar refractivity (Wildman–Crippen MR) is 124 cm³/mol. The van der Waals surface area contributed by atoms with Gasteiger partial charge in [0.15, 0.2) is 5.82 Å². The molecule has 0 spiro atoms. The van der Waals surface area contributed by atoms with Gasteiger partial charge in [0.2, 0.25) is 0 Å². The lowest BCUT2D eigenvalue weighted by atomic mass is 10.2. The van der Waals surface area contributed by atoms with E-state index in [0.717, 1.165) is 12.1 Å². The maximum Gasteiger partial charge on any atom is 0.416 e. The SMILES string of the molecule is Fc1cccc(Cl)c1-c1nc2ccc(-c3ncc(-c4nc5ccc(C(F)(F)F)cc5[nH]4)[nH]3)cc2[nH]1. The van der Waals surface area contributed by atoms with Crippen molar-refractivity contribution in [2.45, 2.75) is 6.18 Å². The number of nitrogens with one attached hydrogen (secondary N) is 3. The minimum absolute atomic E-state index is 0.186. The number of hydrogen-bond acceptors (Lipinski definition) is 3. The topological polar surface area (TPSA) is 86.0 Å². The van der Waals surface area contributed by atoms with E-state index in [0.29, 0.717) is 45.3 Å². The van der Waals surface area contributed by atoms with Crippen molar-refractivity contribution in [2.75, 3.05) is 0 Å². The van der Waals surface area contributed by atoms with E-state index in [2.05, 4.69) is 29.9 Å². The van der Waals surface area contributed by atoms with Gasteiger partial charge in [0.1, 0.15) is 23.2 Å². The minimum Gasteiger partial charge on any atom is -0.338 e. The average Bonchev–Trinajstić information content (AvgIpc) is 3.54. The standard InChI is InChI=1S/C24H13ClF4N6/c25-13-2-1-3-14(26)20(13)23-32-15-6-4-11(8-17(15)34-23)21-30-10-19(35-21)22-31-16-7-5-12(24(27,28)29)9-18(16)33-22/h1-10H,(H,30,35)(H,31,33)(H,32,34). The molecule has 6 rings (SSSR count). The number of fused-ring (bicyclic) bond motifs is 2. The first-order valence-electron chi connectivity index (χ1n) is 10.3. The highest BCUT2D eigenvalue weighted by Gasteiger charge is 2.30. The van der Waals surface area contributed by atoms with Gasteiger partial charge in [-0.05, 0) is 48.5 Å². The molecule has 0 aliphatic rings. The summed E-state index contributed by atoms with van der Waals surface area (Å²) in [6.07, 6.45) is -2.90. The molecule has 0 aliphatic carbocycles. The molecule has 0 aliphatic heterocycles.